The third kappa shape index (κ3) is 2.24. The van der Waals surface area contributed by atoms with Gasteiger partial charge in [0.25, 0.3) is 0 Å². The molecule has 5 nitrogen and oxygen atoms in total. The number of carbonyl (C=O) groups is 1. The van der Waals surface area contributed by atoms with Crippen LogP contribution in [0, 0.1) is 0 Å². The number of hydrogen-bond acceptors (Lipinski definition) is 5. The van der Waals surface area contributed by atoms with Gasteiger partial charge < -0.3 is 25.2 Å². The molecule has 0 aromatic heterocycles. The van der Waals surface area contributed by atoms with Gasteiger partial charge in [-0.15, -0.1) is 0 Å². The Labute approximate surface area is 106 Å². The van der Waals surface area contributed by atoms with Crippen LogP contribution in [-0.4, -0.2) is 21.3 Å². The van der Waals surface area contributed by atoms with Gasteiger partial charge in [-0.3, -0.25) is 0 Å². The molecule has 0 amide bonds. The molecule has 0 aliphatic heterocycles. The SMILES string of the molecule is O=C([O-])c1cc(O)c(O)c(O)c1Cl.[Na+]. The Balaban J connectivity index is 0.00000169. The monoisotopic (exact) mass is 226 g/mol. The molecule has 0 aliphatic rings. The Morgan fingerprint density at radius 1 is 1.29 bits per heavy atom. The first-order valence-corrected chi connectivity index (χ1v) is 3.47. The van der Waals surface area contributed by atoms with Crippen molar-refractivity contribution in [3.8, 4) is 17.2 Å². The van der Waals surface area contributed by atoms with Crippen molar-refractivity contribution in [2.24, 2.45) is 0 Å². The van der Waals surface area contributed by atoms with E-state index in [2.05, 4.69) is 0 Å². The molecule has 3 N–H and O–H groups in total. The van der Waals surface area contributed by atoms with E-state index in [9.17, 15) is 9.90 Å². The third-order valence-corrected chi connectivity index (χ3v) is 1.79. The topological polar surface area (TPSA) is 101 Å². The second-order valence-corrected chi connectivity index (χ2v) is 2.62. The van der Waals surface area contributed by atoms with E-state index in [-0.39, 0.29) is 29.6 Å². The smallest absolute Gasteiger partial charge is 0.545 e. The van der Waals surface area contributed by atoms with E-state index in [1.165, 1.54) is 0 Å². The summed E-state index contributed by atoms with van der Waals surface area (Å²) in [4.78, 5) is 10.3. The summed E-state index contributed by atoms with van der Waals surface area (Å²) >= 11 is 5.32. The predicted octanol–water partition coefficient (Wildman–Crippen LogP) is -3.18. The van der Waals surface area contributed by atoms with Gasteiger partial charge in [0.2, 0.25) is 5.75 Å². The van der Waals surface area contributed by atoms with E-state index in [1.54, 1.807) is 0 Å². The summed E-state index contributed by atoms with van der Waals surface area (Å²) in [6.45, 7) is 0. The van der Waals surface area contributed by atoms with E-state index in [1.807, 2.05) is 0 Å². The van der Waals surface area contributed by atoms with Gasteiger partial charge in [-0.05, 0) is 6.07 Å². The van der Waals surface area contributed by atoms with Crippen molar-refractivity contribution < 1.29 is 54.8 Å². The average molecular weight is 227 g/mol. The van der Waals surface area contributed by atoms with Crippen molar-refractivity contribution in [1.82, 2.24) is 0 Å². The number of rotatable bonds is 1. The van der Waals surface area contributed by atoms with Gasteiger partial charge in [0.15, 0.2) is 11.5 Å². The van der Waals surface area contributed by atoms with Crippen LogP contribution in [0.5, 0.6) is 17.2 Å². The number of aromatic hydroxyl groups is 3. The molecule has 7 heteroatoms. The molecule has 14 heavy (non-hydrogen) atoms. The molecule has 70 valence electrons. The zero-order chi connectivity index (χ0) is 10.2. The summed E-state index contributed by atoms with van der Waals surface area (Å²) < 4.78 is 0. The van der Waals surface area contributed by atoms with Gasteiger partial charge in [0.05, 0.1) is 11.0 Å². The van der Waals surface area contributed by atoms with Crippen LogP contribution < -0.4 is 34.7 Å². The van der Waals surface area contributed by atoms with Crippen LogP contribution in [0.15, 0.2) is 6.07 Å². The molecule has 1 rings (SSSR count). The molecule has 0 atom stereocenters. The Bertz CT molecular complexity index is 379. The molecule has 0 saturated carbocycles. The largest absolute Gasteiger partial charge is 1.00 e. The quantitative estimate of drug-likeness (QED) is 0.346. The fraction of sp³-hybridized carbons (Fsp3) is 0. The Morgan fingerprint density at radius 3 is 2.21 bits per heavy atom. The first-order valence-electron chi connectivity index (χ1n) is 3.10. The maximum absolute atomic E-state index is 10.3. The van der Waals surface area contributed by atoms with Crippen LogP contribution in [0.2, 0.25) is 5.02 Å². The van der Waals surface area contributed by atoms with Gasteiger partial charge in [-0.2, -0.15) is 0 Å². The van der Waals surface area contributed by atoms with Gasteiger partial charge in [-0.25, -0.2) is 0 Å². The van der Waals surface area contributed by atoms with Crippen molar-refractivity contribution in [2.75, 3.05) is 0 Å². The van der Waals surface area contributed by atoms with E-state index in [0.29, 0.717) is 6.07 Å². The average Bonchev–Trinajstić information content (AvgIpc) is 2.07. The number of phenolic OH excluding ortho intramolecular Hbond substituents is 3. The Kier molecular flexibility index (Phi) is 4.54. The number of carbonyl (C=O) groups excluding carboxylic acids is 1. The minimum atomic E-state index is -1.66. The number of halogens is 1. The molecule has 0 spiro atoms. The van der Waals surface area contributed by atoms with Crippen molar-refractivity contribution >= 4 is 17.6 Å². The first kappa shape index (κ1) is 13.4. The summed E-state index contributed by atoms with van der Waals surface area (Å²) in [7, 11) is 0. The van der Waals surface area contributed by atoms with E-state index >= 15 is 0 Å². The molecule has 1 aromatic rings. The van der Waals surface area contributed by atoms with Gasteiger partial charge in [0.1, 0.15) is 0 Å². The van der Waals surface area contributed by atoms with Crippen LogP contribution in [0.4, 0.5) is 0 Å². The van der Waals surface area contributed by atoms with Crippen molar-refractivity contribution in [3.05, 3.63) is 16.7 Å². The number of phenols is 3. The Hall–Kier alpha value is -0.620. The normalized spacial score (nSPS) is 9.21. The van der Waals surface area contributed by atoms with E-state index < -0.39 is 33.8 Å². The number of hydrogen-bond donors (Lipinski definition) is 3. The van der Waals surface area contributed by atoms with Crippen LogP contribution in [0.1, 0.15) is 10.4 Å². The van der Waals surface area contributed by atoms with Crippen LogP contribution in [-0.2, 0) is 0 Å². The Morgan fingerprint density at radius 2 is 1.79 bits per heavy atom. The maximum atomic E-state index is 10.3. The fourth-order valence-electron chi connectivity index (χ4n) is 0.770. The summed E-state index contributed by atoms with van der Waals surface area (Å²) in [6.07, 6.45) is 0. The van der Waals surface area contributed by atoms with E-state index in [0.717, 1.165) is 0 Å². The van der Waals surface area contributed by atoms with E-state index in [4.69, 9.17) is 26.9 Å². The molecule has 1 aromatic carbocycles. The van der Waals surface area contributed by atoms with Crippen LogP contribution in [0.25, 0.3) is 0 Å². The van der Waals surface area contributed by atoms with Gasteiger partial charge in [-0.1, -0.05) is 11.6 Å². The van der Waals surface area contributed by atoms with Crippen LogP contribution >= 0.6 is 11.6 Å². The van der Waals surface area contributed by atoms with Crippen molar-refractivity contribution in [3.63, 3.8) is 0 Å². The maximum Gasteiger partial charge on any atom is 1.00 e. The zero-order valence-corrected chi connectivity index (χ0v) is 9.87. The van der Waals surface area contributed by atoms with Gasteiger partial charge >= 0.3 is 29.6 Å². The molecular weight excluding hydrogens is 223 g/mol. The van der Waals surface area contributed by atoms with Crippen LogP contribution in [0.3, 0.4) is 0 Å². The predicted molar refractivity (Wildman–Crippen MR) is 40.8 cm³/mol. The minimum absolute atomic E-state index is 0. The molecular formula is C7H4ClNaO5. The fourth-order valence-corrected chi connectivity index (χ4v) is 0.991. The second kappa shape index (κ2) is 4.75. The molecule has 0 aliphatic carbocycles. The number of carboxylic acids is 1. The molecule has 0 heterocycles. The molecule has 0 radical (unpaired) electrons. The van der Waals surface area contributed by atoms with Gasteiger partial charge in [0, 0.05) is 5.56 Å². The second-order valence-electron chi connectivity index (χ2n) is 2.24. The number of aromatic carboxylic acids is 1. The molecule has 0 bridgehead atoms. The standard InChI is InChI=1S/C7H5ClO5.Na/c8-4-2(7(12)13)1-3(9)5(10)6(4)11;/h1,9-11H,(H,12,13);/q;+1/p-1. The summed E-state index contributed by atoms with van der Waals surface area (Å²) in [5.74, 6) is -4.19. The number of carboxylic acid groups (broad SMARTS) is 1. The summed E-state index contributed by atoms with van der Waals surface area (Å²) in [5, 5.41) is 36.5. The minimum Gasteiger partial charge on any atom is -0.545 e. The number of benzene rings is 1. The summed E-state index contributed by atoms with van der Waals surface area (Å²) in [5.41, 5.74) is -0.588. The summed E-state index contributed by atoms with van der Waals surface area (Å²) in [6, 6.07) is 0.687. The van der Waals surface area contributed by atoms with Crippen molar-refractivity contribution in [1.29, 1.82) is 0 Å². The molecule has 0 fully saturated rings. The third-order valence-electron chi connectivity index (χ3n) is 1.41. The van der Waals surface area contributed by atoms with Crippen molar-refractivity contribution in [2.45, 2.75) is 0 Å². The molecule has 0 unspecified atom stereocenters. The molecule has 0 saturated heterocycles. The zero-order valence-electron chi connectivity index (χ0n) is 7.11. The first-order chi connectivity index (χ1) is 5.95.